The number of carbonyl (C=O) groups is 2. The highest BCUT2D eigenvalue weighted by Crippen LogP contribution is 2.32. The zero-order chi connectivity index (χ0) is 17.9. The first-order valence-electron chi connectivity index (χ1n) is 8.70. The molecule has 26 heavy (non-hydrogen) atoms. The van der Waals surface area contributed by atoms with Gasteiger partial charge in [-0.05, 0) is 18.2 Å². The minimum absolute atomic E-state index is 0.0771. The molecule has 1 unspecified atom stereocenters. The normalized spacial score (nSPS) is 21.6. The Kier molecular flexibility index (Phi) is 4.84. The Bertz CT molecular complexity index is 812. The largest absolute Gasteiger partial charge is 0.493 e. The Balaban J connectivity index is 1.49. The van der Waals surface area contributed by atoms with Gasteiger partial charge in [0.2, 0.25) is 5.91 Å². The molecule has 0 saturated carbocycles. The van der Waals surface area contributed by atoms with Crippen LogP contribution in [-0.4, -0.2) is 41.0 Å². The fourth-order valence-electron chi connectivity index (χ4n) is 3.37. The molecule has 2 atom stereocenters. The number of nitrogens with zero attached hydrogens (tertiary/aromatic N) is 1. The number of benzene rings is 2. The van der Waals surface area contributed by atoms with Crippen LogP contribution in [0.3, 0.4) is 0 Å². The van der Waals surface area contributed by atoms with Gasteiger partial charge in [0.25, 0.3) is 5.91 Å². The van der Waals surface area contributed by atoms with Gasteiger partial charge in [0, 0.05) is 23.3 Å². The zero-order valence-corrected chi connectivity index (χ0v) is 15.1. The van der Waals surface area contributed by atoms with Crippen LogP contribution >= 0.6 is 11.8 Å². The van der Waals surface area contributed by atoms with Crippen molar-refractivity contribution >= 4 is 23.6 Å². The molecule has 1 fully saturated rings. The maximum atomic E-state index is 12.9. The molecule has 134 valence electrons. The minimum Gasteiger partial charge on any atom is -0.493 e. The Morgan fingerprint density at radius 3 is 2.69 bits per heavy atom. The first-order chi connectivity index (χ1) is 12.7. The van der Waals surface area contributed by atoms with E-state index in [1.807, 2.05) is 42.5 Å². The van der Waals surface area contributed by atoms with Gasteiger partial charge in [-0.3, -0.25) is 9.59 Å². The fourth-order valence-corrected chi connectivity index (χ4v) is 4.52. The quantitative estimate of drug-likeness (QED) is 0.905. The van der Waals surface area contributed by atoms with Crippen molar-refractivity contribution in [3.8, 4) is 5.75 Å². The molecule has 0 radical (unpaired) electrons. The predicted molar refractivity (Wildman–Crippen MR) is 101 cm³/mol. The molecule has 1 saturated heterocycles. The maximum Gasteiger partial charge on any atom is 0.255 e. The number of thioether (sulfide) groups is 1. The molecule has 2 aliphatic heterocycles. The van der Waals surface area contributed by atoms with E-state index in [9.17, 15) is 9.59 Å². The molecule has 2 aromatic carbocycles. The van der Waals surface area contributed by atoms with Gasteiger partial charge in [-0.2, -0.15) is 0 Å². The number of fused-ring (bicyclic) bond motifs is 1. The lowest BCUT2D eigenvalue weighted by Crippen LogP contribution is -2.48. The third kappa shape index (κ3) is 3.29. The van der Waals surface area contributed by atoms with E-state index < -0.39 is 6.04 Å². The van der Waals surface area contributed by atoms with Gasteiger partial charge in [0.15, 0.2) is 0 Å². The topological polar surface area (TPSA) is 58.6 Å². The molecule has 1 N–H and O–H groups in total. The second-order valence-corrected chi connectivity index (χ2v) is 7.39. The van der Waals surface area contributed by atoms with Gasteiger partial charge in [-0.25, -0.2) is 0 Å². The lowest BCUT2D eigenvalue weighted by molar-refractivity contribution is -0.125. The van der Waals surface area contributed by atoms with Crippen LogP contribution in [0.15, 0.2) is 54.6 Å². The first-order valence-corrected chi connectivity index (χ1v) is 9.85. The average molecular weight is 368 g/mol. The molecular formula is C20H20N2O3S. The predicted octanol–water partition coefficient (Wildman–Crippen LogP) is 2.84. The summed E-state index contributed by atoms with van der Waals surface area (Å²) in [6, 6.07) is 16.4. The monoisotopic (exact) mass is 368 g/mol. The highest BCUT2D eigenvalue weighted by molar-refractivity contribution is 7.99. The van der Waals surface area contributed by atoms with Gasteiger partial charge in [-0.15, -0.1) is 11.8 Å². The molecule has 6 heteroatoms. The molecule has 0 aliphatic carbocycles. The van der Waals surface area contributed by atoms with Crippen molar-refractivity contribution in [1.29, 1.82) is 0 Å². The summed E-state index contributed by atoms with van der Waals surface area (Å²) in [6.45, 7) is 0.577. The summed E-state index contributed by atoms with van der Waals surface area (Å²) in [5.74, 6) is 1.79. The molecule has 0 bridgehead atoms. The first kappa shape index (κ1) is 17.0. The summed E-state index contributed by atoms with van der Waals surface area (Å²) in [7, 11) is 0. The van der Waals surface area contributed by atoms with Crippen LogP contribution in [0.1, 0.15) is 28.4 Å². The van der Waals surface area contributed by atoms with Crippen LogP contribution in [0.25, 0.3) is 0 Å². The van der Waals surface area contributed by atoms with Crippen molar-refractivity contribution < 1.29 is 14.3 Å². The van der Waals surface area contributed by atoms with E-state index >= 15 is 0 Å². The summed E-state index contributed by atoms with van der Waals surface area (Å²) in [5.41, 5.74) is 1.61. The lowest BCUT2D eigenvalue weighted by atomic mass is 10.00. The summed E-state index contributed by atoms with van der Waals surface area (Å²) < 4.78 is 5.66. The minimum atomic E-state index is -0.442. The molecule has 2 aromatic rings. The van der Waals surface area contributed by atoms with Crippen LogP contribution in [0.5, 0.6) is 5.75 Å². The van der Waals surface area contributed by atoms with Gasteiger partial charge in [0.1, 0.15) is 11.8 Å². The van der Waals surface area contributed by atoms with Crippen LogP contribution in [0.2, 0.25) is 0 Å². The highest BCUT2D eigenvalue weighted by Gasteiger charge is 2.36. The number of nitrogens with one attached hydrogen (secondary N) is 1. The van der Waals surface area contributed by atoms with Gasteiger partial charge < -0.3 is 15.0 Å². The number of carbonyl (C=O) groups excluding carboxylic acids is 2. The second kappa shape index (κ2) is 7.41. The van der Waals surface area contributed by atoms with Gasteiger partial charge >= 0.3 is 0 Å². The van der Waals surface area contributed by atoms with Gasteiger partial charge in [0.05, 0.1) is 18.5 Å². The molecular weight excluding hydrogens is 348 g/mol. The Hall–Kier alpha value is -2.47. The summed E-state index contributed by atoms with van der Waals surface area (Å²) in [6.07, 6.45) is 0.731. The molecule has 4 rings (SSSR count). The molecule has 0 spiro atoms. The Morgan fingerprint density at radius 2 is 1.85 bits per heavy atom. The standard InChI is InChI=1S/C20H20N2O3S/c23-19(21-16-10-11-25-18-9-5-4-8-15(16)18)17-12-26-13-22(17)20(24)14-6-2-1-3-7-14/h1-9,16-17H,10-13H2,(H,21,23)/t16?,17-/m0/s1. The number of rotatable bonds is 3. The number of para-hydroxylation sites is 1. The maximum absolute atomic E-state index is 12.9. The third-order valence-corrected chi connectivity index (χ3v) is 5.75. The van der Waals surface area contributed by atoms with Crippen molar-refractivity contribution in [2.24, 2.45) is 0 Å². The van der Waals surface area contributed by atoms with E-state index in [4.69, 9.17) is 4.74 Å². The van der Waals surface area contributed by atoms with E-state index in [2.05, 4.69) is 5.32 Å². The third-order valence-electron chi connectivity index (χ3n) is 4.74. The van der Waals surface area contributed by atoms with Crippen LogP contribution < -0.4 is 10.1 Å². The van der Waals surface area contributed by atoms with Crippen molar-refractivity contribution in [1.82, 2.24) is 10.2 Å². The van der Waals surface area contributed by atoms with E-state index in [-0.39, 0.29) is 17.9 Å². The van der Waals surface area contributed by atoms with Crippen molar-refractivity contribution in [2.45, 2.75) is 18.5 Å². The zero-order valence-electron chi connectivity index (χ0n) is 14.3. The SMILES string of the molecule is O=C(NC1CCOc2ccccc21)[C@@H]1CSCN1C(=O)c1ccccc1. The van der Waals surface area contributed by atoms with Crippen molar-refractivity contribution in [3.05, 3.63) is 65.7 Å². The van der Waals surface area contributed by atoms with E-state index in [0.717, 1.165) is 17.7 Å². The number of amides is 2. The number of hydrogen-bond acceptors (Lipinski definition) is 4. The van der Waals surface area contributed by atoms with Crippen molar-refractivity contribution in [3.63, 3.8) is 0 Å². The average Bonchev–Trinajstić information content (AvgIpc) is 3.18. The summed E-state index contributed by atoms with van der Waals surface area (Å²) in [5, 5.41) is 3.13. The van der Waals surface area contributed by atoms with Crippen LogP contribution in [0, 0.1) is 0 Å². The van der Waals surface area contributed by atoms with Gasteiger partial charge in [-0.1, -0.05) is 36.4 Å². The molecule has 0 aromatic heterocycles. The van der Waals surface area contributed by atoms with Crippen molar-refractivity contribution in [2.75, 3.05) is 18.2 Å². The van der Waals surface area contributed by atoms with E-state index in [1.54, 1.807) is 28.8 Å². The Morgan fingerprint density at radius 1 is 1.08 bits per heavy atom. The number of hydrogen-bond donors (Lipinski definition) is 1. The summed E-state index contributed by atoms with van der Waals surface area (Å²) >= 11 is 1.61. The Labute approximate surface area is 156 Å². The smallest absolute Gasteiger partial charge is 0.255 e. The lowest BCUT2D eigenvalue weighted by Gasteiger charge is -2.29. The van der Waals surface area contributed by atoms with E-state index in [0.29, 0.717) is 23.8 Å². The molecule has 5 nitrogen and oxygen atoms in total. The van der Waals surface area contributed by atoms with E-state index in [1.165, 1.54) is 0 Å². The summed E-state index contributed by atoms with van der Waals surface area (Å²) in [4.78, 5) is 27.3. The molecule has 2 amide bonds. The van der Waals surface area contributed by atoms with Crippen LogP contribution in [0.4, 0.5) is 0 Å². The fraction of sp³-hybridized carbons (Fsp3) is 0.300. The number of ether oxygens (including phenoxy) is 1. The highest BCUT2D eigenvalue weighted by atomic mass is 32.2. The molecule has 2 heterocycles. The molecule has 2 aliphatic rings. The van der Waals surface area contributed by atoms with Crippen LogP contribution in [-0.2, 0) is 4.79 Å². The second-order valence-electron chi connectivity index (χ2n) is 6.39.